The van der Waals surface area contributed by atoms with Crippen LogP contribution in [0.5, 0.6) is 17.2 Å². The van der Waals surface area contributed by atoms with E-state index in [9.17, 15) is 5.11 Å². The normalized spacial score (nSPS) is 11.0. The molecule has 31 heavy (non-hydrogen) atoms. The van der Waals surface area contributed by atoms with Crippen molar-refractivity contribution in [3.63, 3.8) is 0 Å². The topological polar surface area (TPSA) is 90.8 Å². The second-order valence-electron chi connectivity index (χ2n) is 6.79. The number of pyridine rings is 2. The summed E-state index contributed by atoms with van der Waals surface area (Å²) in [6.45, 7) is 0. The molecule has 6 rings (SSSR count). The van der Waals surface area contributed by atoms with Crippen molar-refractivity contribution in [2.24, 2.45) is 0 Å². The van der Waals surface area contributed by atoms with Gasteiger partial charge >= 0.3 is 0 Å². The molecule has 0 saturated carbocycles. The third-order valence-corrected chi connectivity index (χ3v) is 5.01. The van der Waals surface area contributed by atoms with Crippen LogP contribution in [0.1, 0.15) is 0 Å². The van der Waals surface area contributed by atoms with Crippen molar-refractivity contribution in [2.45, 2.75) is 0 Å². The molecule has 154 valence electrons. The highest BCUT2D eigenvalue weighted by Gasteiger charge is 2.12. The maximum atomic E-state index is 9.41. The summed E-state index contributed by atoms with van der Waals surface area (Å²) < 4.78 is 21.3. The first-order valence-electron chi connectivity index (χ1n) is 9.53. The Balaban J connectivity index is 0.000000132. The number of fused-ring (bicyclic) bond motifs is 4. The van der Waals surface area contributed by atoms with Crippen molar-refractivity contribution in [3.05, 3.63) is 67.1 Å². The fourth-order valence-electron chi connectivity index (χ4n) is 3.64. The van der Waals surface area contributed by atoms with Gasteiger partial charge in [-0.05, 0) is 36.4 Å². The molecule has 0 saturated heterocycles. The monoisotopic (exact) mass is 414 g/mol. The highest BCUT2D eigenvalue weighted by atomic mass is 16.5. The van der Waals surface area contributed by atoms with Gasteiger partial charge in [-0.1, -0.05) is 12.1 Å². The maximum absolute atomic E-state index is 9.41. The number of para-hydroxylation sites is 1. The van der Waals surface area contributed by atoms with Gasteiger partial charge in [0.1, 0.15) is 17.2 Å². The van der Waals surface area contributed by atoms with Crippen molar-refractivity contribution < 1.29 is 23.4 Å². The van der Waals surface area contributed by atoms with Crippen molar-refractivity contribution in [3.8, 4) is 17.2 Å². The number of furan rings is 2. The molecule has 0 atom stereocenters. The van der Waals surface area contributed by atoms with E-state index in [-0.39, 0.29) is 5.75 Å². The van der Waals surface area contributed by atoms with Crippen LogP contribution in [0, 0.1) is 0 Å². The molecule has 0 spiro atoms. The van der Waals surface area contributed by atoms with E-state index in [4.69, 9.17) is 18.3 Å². The summed E-state index contributed by atoms with van der Waals surface area (Å²) in [6.07, 6.45) is 3.19. The van der Waals surface area contributed by atoms with Crippen molar-refractivity contribution in [1.82, 2.24) is 9.97 Å². The number of hydrogen-bond donors (Lipinski definition) is 1. The zero-order valence-corrected chi connectivity index (χ0v) is 16.8. The Morgan fingerprint density at radius 2 is 1.26 bits per heavy atom. The third-order valence-electron chi connectivity index (χ3n) is 5.01. The number of ether oxygens (including phenoxy) is 2. The summed E-state index contributed by atoms with van der Waals surface area (Å²) in [4.78, 5) is 8.70. The smallest absolute Gasteiger partial charge is 0.230 e. The first kappa shape index (κ1) is 18.7. The lowest BCUT2D eigenvalue weighted by atomic mass is 10.1. The predicted octanol–water partition coefficient (Wildman–Crippen LogP) is 5.68. The molecule has 7 nitrogen and oxygen atoms in total. The molecule has 4 aromatic heterocycles. The number of nitrogens with zero attached hydrogens (tertiary/aromatic N) is 2. The number of phenols is 1. The molecule has 6 aromatic rings. The molecule has 7 heteroatoms. The number of phenolic OH excluding ortho intramolecular Hbond substituents is 1. The first-order valence-corrected chi connectivity index (χ1v) is 9.53. The SMILES string of the molecule is COc1c2ccc(O)cc2nc2occc12.COc1c2ccccc2nc2occc12. The van der Waals surface area contributed by atoms with Crippen molar-refractivity contribution in [1.29, 1.82) is 0 Å². The van der Waals surface area contributed by atoms with Gasteiger partial charge in [-0.15, -0.1) is 0 Å². The van der Waals surface area contributed by atoms with E-state index in [2.05, 4.69) is 9.97 Å². The Bertz CT molecular complexity index is 1530. The molecule has 4 heterocycles. The quantitative estimate of drug-likeness (QED) is 0.389. The van der Waals surface area contributed by atoms with Crippen LogP contribution in [0.2, 0.25) is 0 Å². The summed E-state index contributed by atoms with van der Waals surface area (Å²) in [6, 6.07) is 16.5. The number of rotatable bonds is 2. The van der Waals surface area contributed by atoms with Crippen LogP contribution < -0.4 is 9.47 Å². The Hall–Kier alpha value is -4.26. The zero-order valence-electron chi connectivity index (χ0n) is 16.8. The van der Waals surface area contributed by atoms with Gasteiger partial charge in [-0.25, -0.2) is 9.97 Å². The summed E-state index contributed by atoms with van der Waals surface area (Å²) in [5, 5.41) is 13.0. The highest BCUT2D eigenvalue weighted by Crippen LogP contribution is 2.35. The van der Waals surface area contributed by atoms with Gasteiger partial charge in [0.2, 0.25) is 11.4 Å². The van der Waals surface area contributed by atoms with Gasteiger partial charge in [-0.3, -0.25) is 0 Å². The molecule has 0 fully saturated rings. The maximum Gasteiger partial charge on any atom is 0.230 e. The Kier molecular flexibility index (Phi) is 4.55. The molecular weight excluding hydrogens is 396 g/mol. The Morgan fingerprint density at radius 1 is 0.677 bits per heavy atom. The van der Waals surface area contributed by atoms with Gasteiger partial charge in [0, 0.05) is 16.8 Å². The molecule has 0 bridgehead atoms. The van der Waals surface area contributed by atoms with E-state index < -0.39 is 0 Å². The van der Waals surface area contributed by atoms with Gasteiger partial charge in [0.15, 0.2) is 0 Å². The number of benzene rings is 2. The minimum Gasteiger partial charge on any atom is -0.508 e. The Morgan fingerprint density at radius 3 is 1.90 bits per heavy atom. The average Bonchev–Trinajstić information content (AvgIpc) is 3.45. The van der Waals surface area contributed by atoms with E-state index in [0.717, 1.165) is 32.8 Å². The van der Waals surface area contributed by atoms with E-state index in [1.807, 2.05) is 36.4 Å². The molecule has 0 aliphatic heterocycles. The number of aromatic nitrogens is 2. The van der Waals surface area contributed by atoms with Crippen LogP contribution >= 0.6 is 0 Å². The summed E-state index contributed by atoms with van der Waals surface area (Å²) >= 11 is 0. The largest absolute Gasteiger partial charge is 0.508 e. The van der Waals surface area contributed by atoms with Gasteiger partial charge in [-0.2, -0.15) is 0 Å². The van der Waals surface area contributed by atoms with Gasteiger partial charge in [0.25, 0.3) is 0 Å². The van der Waals surface area contributed by atoms with Crippen LogP contribution in [-0.4, -0.2) is 29.3 Å². The highest BCUT2D eigenvalue weighted by molar-refractivity contribution is 6.00. The summed E-state index contributed by atoms with van der Waals surface area (Å²) in [5.74, 6) is 1.71. The summed E-state index contributed by atoms with van der Waals surface area (Å²) in [7, 11) is 3.27. The van der Waals surface area contributed by atoms with Crippen LogP contribution in [0.4, 0.5) is 0 Å². The standard InChI is InChI=1S/C12H9NO3.C12H9NO2/c1-15-11-8-3-2-7(14)6-10(8)13-12-9(11)4-5-16-12;1-14-11-8-4-2-3-5-10(8)13-12-9(11)6-7-15-12/h2-6,14H,1H3;2-7H,1H3. The minimum absolute atomic E-state index is 0.174. The van der Waals surface area contributed by atoms with E-state index in [0.29, 0.717) is 22.7 Å². The van der Waals surface area contributed by atoms with E-state index in [1.165, 1.54) is 0 Å². The fourth-order valence-corrected chi connectivity index (χ4v) is 3.64. The van der Waals surface area contributed by atoms with E-state index >= 15 is 0 Å². The van der Waals surface area contributed by atoms with Crippen LogP contribution in [0.25, 0.3) is 44.0 Å². The fraction of sp³-hybridized carbons (Fsp3) is 0.0833. The number of hydrogen-bond acceptors (Lipinski definition) is 7. The second-order valence-corrected chi connectivity index (χ2v) is 6.79. The van der Waals surface area contributed by atoms with E-state index in [1.54, 1.807) is 44.9 Å². The molecule has 1 N–H and O–H groups in total. The molecule has 0 unspecified atom stereocenters. The first-order chi connectivity index (χ1) is 15.2. The number of aromatic hydroxyl groups is 1. The average molecular weight is 414 g/mol. The molecule has 0 aliphatic rings. The minimum atomic E-state index is 0.174. The lowest BCUT2D eigenvalue weighted by Crippen LogP contribution is -1.88. The lowest BCUT2D eigenvalue weighted by Gasteiger charge is -2.06. The Labute approximate surface area is 176 Å². The van der Waals surface area contributed by atoms with Crippen LogP contribution in [-0.2, 0) is 0 Å². The third kappa shape index (κ3) is 3.16. The van der Waals surface area contributed by atoms with Crippen molar-refractivity contribution >= 4 is 44.0 Å². The molecule has 0 amide bonds. The van der Waals surface area contributed by atoms with Crippen LogP contribution in [0.3, 0.4) is 0 Å². The molecular formula is C24H18N2O5. The molecule has 0 aliphatic carbocycles. The predicted molar refractivity (Wildman–Crippen MR) is 118 cm³/mol. The zero-order chi connectivity index (χ0) is 21.4. The summed E-state index contributed by atoms with van der Waals surface area (Å²) in [5.41, 5.74) is 2.66. The van der Waals surface area contributed by atoms with Gasteiger partial charge < -0.3 is 23.4 Å². The molecule has 0 radical (unpaired) electrons. The van der Waals surface area contributed by atoms with Crippen LogP contribution in [0.15, 0.2) is 76.0 Å². The number of methoxy groups -OCH3 is 2. The second kappa shape index (κ2) is 7.53. The van der Waals surface area contributed by atoms with Gasteiger partial charge in [0.05, 0.1) is 48.6 Å². The molecule has 2 aromatic carbocycles. The lowest BCUT2D eigenvalue weighted by molar-refractivity contribution is 0.424. The van der Waals surface area contributed by atoms with Crippen molar-refractivity contribution in [2.75, 3.05) is 14.2 Å².